The number of amides is 2. The minimum absolute atomic E-state index is 0.0821. The van der Waals surface area contributed by atoms with Gasteiger partial charge in [-0.3, -0.25) is 9.59 Å². The molecule has 4 aromatic carbocycles. The highest BCUT2D eigenvalue weighted by molar-refractivity contribution is 8.00. The predicted octanol–water partition coefficient (Wildman–Crippen LogP) is 7.34. The molecule has 2 amide bonds. The molecule has 0 aliphatic heterocycles. The van der Waals surface area contributed by atoms with E-state index in [1.807, 2.05) is 105 Å². The number of nitrogens with one attached hydrogen (secondary N) is 2. The van der Waals surface area contributed by atoms with E-state index in [0.29, 0.717) is 11.3 Å². The number of rotatable bonds is 7. The van der Waals surface area contributed by atoms with Gasteiger partial charge in [-0.2, -0.15) is 0 Å². The number of carbonyl (C=O) groups excluding carboxylic acids is 2. The number of carbonyl (C=O) groups is 2. The Morgan fingerprint density at radius 3 is 2.09 bits per heavy atom. The van der Waals surface area contributed by atoms with Gasteiger partial charge in [0.2, 0.25) is 5.91 Å². The van der Waals surface area contributed by atoms with Crippen molar-refractivity contribution in [1.29, 1.82) is 0 Å². The smallest absolute Gasteiger partial charge is 0.255 e. The predicted molar refractivity (Wildman–Crippen MR) is 145 cm³/mol. The first-order valence-electron chi connectivity index (χ1n) is 11.5. The lowest BCUT2D eigenvalue weighted by atomic mass is 10.1. The minimum Gasteiger partial charge on any atom is -0.325 e. The van der Waals surface area contributed by atoms with Crippen LogP contribution >= 0.6 is 11.8 Å². The monoisotopic (exact) mass is 480 g/mol. The average molecular weight is 481 g/mol. The molecule has 176 valence electrons. The summed E-state index contributed by atoms with van der Waals surface area (Å²) in [4.78, 5) is 26.8. The highest BCUT2D eigenvalue weighted by atomic mass is 32.2. The summed E-state index contributed by atoms with van der Waals surface area (Å²) >= 11 is 1.48. The fraction of sp³-hybridized carbons (Fsp3) is 0.133. The lowest BCUT2D eigenvalue weighted by molar-refractivity contribution is -0.115. The van der Waals surface area contributed by atoms with E-state index >= 15 is 0 Å². The Labute approximate surface area is 210 Å². The van der Waals surface area contributed by atoms with Crippen molar-refractivity contribution < 1.29 is 9.59 Å². The number of aryl methyl sites for hydroxylation is 3. The average Bonchev–Trinajstić information content (AvgIpc) is 2.86. The summed E-state index contributed by atoms with van der Waals surface area (Å²) in [5.74, 6) is -0.231. The molecule has 35 heavy (non-hydrogen) atoms. The van der Waals surface area contributed by atoms with Crippen molar-refractivity contribution >= 4 is 35.0 Å². The van der Waals surface area contributed by atoms with Gasteiger partial charge in [-0.1, -0.05) is 54.1 Å². The highest BCUT2D eigenvalue weighted by Crippen LogP contribution is 2.37. The van der Waals surface area contributed by atoms with E-state index in [-0.39, 0.29) is 11.8 Å². The van der Waals surface area contributed by atoms with Crippen LogP contribution in [-0.4, -0.2) is 11.8 Å². The third-order valence-electron chi connectivity index (χ3n) is 5.76. The Balaban J connectivity index is 1.49. The second-order valence-corrected chi connectivity index (χ2v) is 9.72. The first-order chi connectivity index (χ1) is 16.9. The molecule has 4 nitrogen and oxygen atoms in total. The van der Waals surface area contributed by atoms with Gasteiger partial charge in [0.15, 0.2) is 0 Å². The summed E-state index contributed by atoms with van der Waals surface area (Å²) in [5, 5.41) is 5.58. The first-order valence-corrected chi connectivity index (χ1v) is 12.3. The lowest BCUT2D eigenvalue weighted by Gasteiger charge is -2.18. The number of benzene rings is 4. The third kappa shape index (κ3) is 6.40. The van der Waals surface area contributed by atoms with Crippen molar-refractivity contribution in [3.63, 3.8) is 0 Å². The van der Waals surface area contributed by atoms with Crippen molar-refractivity contribution in [3.05, 3.63) is 125 Å². The van der Waals surface area contributed by atoms with E-state index in [1.165, 1.54) is 17.3 Å². The SMILES string of the molecule is Cc1cccc(C(=O)Nc2ccc(SC(C(=O)Nc3ccc(C)c(C)c3)c3ccccc3)cc2)c1. The second-order valence-electron chi connectivity index (χ2n) is 8.54. The van der Waals surface area contributed by atoms with Crippen LogP contribution in [0.3, 0.4) is 0 Å². The summed E-state index contributed by atoms with van der Waals surface area (Å²) in [7, 11) is 0. The summed E-state index contributed by atoms with van der Waals surface area (Å²) in [6.07, 6.45) is 0. The van der Waals surface area contributed by atoms with E-state index in [2.05, 4.69) is 17.6 Å². The van der Waals surface area contributed by atoms with Crippen LogP contribution in [0, 0.1) is 20.8 Å². The van der Waals surface area contributed by atoms with Crippen LogP contribution in [0.2, 0.25) is 0 Å². The molecule has 0 saturated heterocycles. The maximum Gasteiger partial charge on any atom is 0.255 e. The first kappa shape index (κ1) is 24.3. The van der Waals surface area contributed by atoms with Gasteiger partial charge >= 0.3 is 0 Å². The van der Waals surface area contributed by atoms with Gasteiger partial charge in [-0.05, 0) is 86.0 Å². The second kappa shape index (κ2) is 11.1. The van der Waals surface area contributed by atoms with Gasteiger partial charge in [0, 0.05) is 21.8 Å². The van der Waals surface area contributed by atoms with Crippen molar-refractivity contribution in [2.24, 2.45) is 0 Å². The molecule has 5 heteroatoms. The molecular weight excluding hydrogens is 452 g/mol. The minimum atomic E-state index is -0.425. The Bertz CT molecular complexity index is 1330. The Kier molecular flexibility index (Phi) is 7.68. The maximum absolute atomic E-state index is 13.3. The van der Waals surface area contributed by atoms with Crippen LogP contribution < -0.4 is 10.6 Å². The van der Waals surface area contributed by atoms with Crippen molar-refractivity contribution in [2.45, 2.75) is 30.9 Å². The fourth-order valence-electron chi connectivity index (χ4n) is 3.67. The summed E-state index contributed by atoms with van der Waals surface area (Å²) in [6.45, 7) is 6.05. The molecule has 2 N–H and O–H groups in total. The molecule has 0 aliphatic rings. The van der Waals surface area contributed by atoms with Crippen LogP contribution in [0.1, 0.15) is 37.9 Å². The molecule has 4 rings (SSSR count). The number of anilines is 2. The zero-order valence-electron chi connectivity index (χ0n) is 20.0. The van der Waals surface area contributed by atoms with E-state index < -0.39 is 5.25 Å². The Morgan fingerprint density at radius 1 is 0.686 bits per heavy atom. The maximum atomic E-state index is 13.3. The molecule has 0 fully saturated rings. The van der Waals surface area contributed by atoms with Gasteiger partial charge in [0.25, 0.3) is 5.91 Å². The number of thioether (sulfide) groups is 1. The largest absolute Gasteiger partial charge is 0.325 e. The topological polar surface area (TPSA) is 58.2 Å². The molecule has 0 bridgehead atoms. The zero-order chi connectivity index (χ0) is 24.8. The van der Waals surface area contributed by atoms with Gasteiger partial charge in [0.1, 0.15) is 5.25 Å². The molecule has 0 saturated carbocycles. The van der Waals surface area contributed by atoms with Gasteiger partial charge in [-0.15, -0.1) is 11.8 Å². The van der Waals surface area contributed by atoms with Crippen LogP contribution in [0.4, 0.5) is 11.4 Å². The van der Waals surface area contributed by atoms with Gasteiger partial charge < -0.3 is 10.6 Å². The van der Waals surface area contributed by atoms with Crippen LogP contribution in [0.5, 0.6) is 0 Å². The van der Waals surface area contributed by atoms with Crippen molar-refractivity contribution in [1.82, 2.24) is 0 Å². The third-order valence-corrected chi connectivity index (χ3v) is 7.03. The standard InChI is InChI=1S/C30H28N2O2S/c1-20-8-7-11-24(18-20)29(33)31-25-14-16-27(17-15-25)35-28(23-9-5-4-6-10-23)30(34)32-26-13-12-21(2)22(3)19-26/h4-19,28H,1-3H3,(H,31,33)(H,32,34). The molecular formula is C30H28N2O2S. The number of hydrogen-bond donors (Lipinski definition) is 2. The van der Waals surface area contributed by atoms with Crippen LogP contribution in [-0.2, 0) is 4.79 Å². The molecule has 0 spiro atoms. The Morgan fingerprint density at radius 2 is 1.40 bits per heavy atom. The normalized spacial score (nSPS) is 11.5. The highest BCUT2D eigenvalue weighted by Gasteiger charge is 2.22. The molecule has 1 atom stereocenters. The molecule has 1 unspecified atom stereocenters. The summed E-state index contributed by atoms with van der Waals surface area (Å²) in [5.41, 5.74) is 6.40. The summed E-state index contributed by atoms with van der Waals surface area (Å²) < 4.78 is 0. The zero-order valence-corrected chi connectivity index (χ0v) is 20.9. The molecule has 0 radical (unpaired) electrons. The van der Waals surface area contributed by atoms with Crippen LogP contribution in [0.15, 0.2) is 102 Å². The lowest BCUT2D eigenvalue weighted by Crippen LogP contribution is -2.19. The van der Waals surface area contributed by atoms with Gasteiger partial charge in [-0.25, -0.2) is 0 Å². The van der Waals surface area contributed by atoms with Gasteiger partial charge in [0.05, 0.1) is 0 Å². The van der Waals surface area contributed by atoms with E-state index in [9.17, 15) is 9.59 Å². The quantitative estimate of drug-likeness (QED) is 0.272. The van der Waals surface area contributed by atoms with E-state index in [0.717, 1.165) is 27.3 Å². The van der Waals surface area contributed by atoms with Crippen molar-refractivity contribution in [3.8, 4) is 0 Å². The summed E-state index contributed by atoms with van der Waals surface area (Å²) in [6, 6.07) is 30.8. The molecule has 0 heterocycles. The molecule has 0 aromatic heterocycles. The fourth-order valence-corrected chi connectivity index (χ4v) is 4.69. The molecule has 4 aromatic rings. The Hall–Kier alpha value is -3.83. The van der Waals surface area contributed by atoms with E-state index in [1.54, 1.807) is 6.07 Å². The number of hydrogen-bond acceptors (Lipinski definition) is 3. The van der Waals surface area contributed by atoms with Crippen molar-refractivity contribution in [2.75, 3.05) is 10.6 Å². The van der Waals surface area contributed by atoms with Crippen LogP contribution in [0.25, 0.3) is 0 Å². The van der Waals surface area contributed by atoms with E-state index in [4.69, 9.17) is 0 Å². The molecule has 0 aliphatic carbocycles.